The van der Waals surface area contributed by atoms with Crippen LogP contribution in [0.5, 0.6) is 0 Å². The van der Waals surface area contributed by atoms with Crippen LogP contribution in [0.25, 0.3) is 4.13 Å². The number of methoxy groups -OCH3 is 1. The summed E-state index contributed by atoms with van der Waals surface area (Å²) in [6, 6.07) is 5.13. The molecule has 3 atom stereocenters. The second kappa shape index (κ2) is 18.5. The van der Waals surface area contributed by atoms with Gasteiger partial charge in [0.2, 0.25) is 0 Å². The van der Waals surface area contributed by atoms with Crippen LogP contribution < -0.4 is 18.9 Å². The summed E-state index contributed by atoms with van der Waals surface area (Å²) in [6.07, 6.45) is 3.05. The summed E-state index contributed by atoms with van der Waals surface area (Å²) >= 11 is 0. The van der Waals surface area contributed by atoms with Gasteiger partial charge >= 0.3 is 24.4 Å². The first-order valence-electron chi connectivity index (χ1n) is 10.5. The summed E-state index contributed by atoms with van der Waals surface area (Å²) in [5.41, 5.74) is -5.17. The van der Waals surface area contributed by atoms with E-state index in [1.165, 1.54) is 19.2 Å². The standard InChI is InChI=1S/C20H30F3N2O8S3.2CH4.Li/c1-5-12-32-15-18(6-2)33-14-17(11-13-31-3)16-7-9-19(10-8-16)35(27,28)24-34(4,26)25-36(29,30)20(21,22)23;;;/h5,7-10,17-18H,1,6,11-15H2,2-4H3;2*1H4;/q-1;;;+1. The fraction of sp³-hybridized carbons (Fsp3) is 0.636. The van der Waals surface area contributed by atoms with Crippen molar-refractivity contribution in [2.45, 2.75) is 57.0 Å². The number of benzene rings is 1. The van der Waals surface area contributed by atoms with E-state index in [0.29, 0.717) is 44.5 Å². The molecule has 0 saturated carbocycles. The summed E-state index contributed by atoms with van der Waals surface area (Å²) < 4.78 is 118. The number of halogens is 3. The Balaban J connectivity index is -0.00000432. The van der Waals surface area contributed by atoms with Crippen LogP contribution in [-0.2, 0) is 44.2 Å². The average molecular weight is 619 g/mol. The van der Waals surface area contributed by atoms with E-state index in [-0.39, 0.29) is 52.3 Å². The van der Waals surface area contributed by atoms with Crippen LogP contribution in [-0.4, -0.2) is 72.4 Å². The van der Waals surface area contributed by atoms with Gasteiger partial charge in [-0.15, -0.1) is 10.3 Å². The molecule has 0 aliphatic heterocycles. The quantitative estimate of drug-likeness (QED) is 0.156. The molecule has 10 nitrogen and oxygen atoms in total. The largest absolute Gasteiger partial charge is 1.00 e. The molecule has 0 radical (unpaired) electrons. The van der Waals surface area contributed by atoms with Gasteiger partial charge in [-0.2, -0.15) is 21.6 Å². The maximum Gasteiger partial charge on any atom is 1.00 e. The molecule has 0 fully saturated rings. The van der Waals surface area contributed by atoms with Crippen LogP contribution in [0.1, 0.15) is 46.1 Å². The van der Waals surface area contributed by atoms with Gasteiger partial charge in [0.05, 0.1) is 30.8 Å². The Labute approximate surface area is 243 Å². The Kier molecular flexibility index (Phi) is 20.1. The number of ether oxygens (including phenoxy) is 3. The van der Waals surface area contributed by atoms with Crippen LogP contribution in [0, 0.1) is 0 Å². The molecule has 0 N–H and O–H groups in total. The number of rotatable bonds is 16. The van der Waals surface area contributed by atoms with Gasteiger partial charge in [0.25, 0.3) is 10.0 Å². The van der Waals surface area contributed by atoms with Crippen molar-refractivity contribution in [3.8, 4) is 0 Å². The number of hydrogen-bond acceptors (Lipinski definition) is 8. The molecule has 1 aromatic rings. The van der Waals surface area contributed by atoms with Gasteiger partial charge in [-0.05, 0) is 40.5 Å². The van der Waals surface area contributed by atoms with Crippen molar-refractivity contribution in [2.24, 2.45) is 3.77 Å². The molecule has 0 amide bonds. The van der Waals surface area contributed by atoms with Crippen LogP contribution >= 0.6 is 0 Å². The molecule has 0 aliphatic rings. The Morgan fingerprint density at radius 1 is 1.08 bits per heavy atom. The van der Waals surface area contributed by atoms with E-state index in [1.54, 1.807) is 6.08 Å². The molecule has 0 spiro atoms. The van der Waals surface area contributed by atoms with Crippen LogP contribution in [0.2, 0.25) is 0 Å². The van der Waals surface area contributed by atoms with Crippen molar-refractivity contribution < 1.29 is 67.3 Å². The third-order valence-corrected chi connectivity index (χ3v) is 9.85. The van der Waals surface area contributed by atoms with Gasteiger partial charge in [0.15, 0.2) is 10.0 Å². The summed E-state index contributed by atoms with van der Waals surface area (Å²) in [4.78, 5) is -0.504. The number of hydrogen-bond donors (Lipinski definition) is 0. The molecule has 1 rings (SSSR count). The Morgan fingerprint density at radius 3 is 2.10 bits per heavy atom. The third-order valence-electron chi connectivity index (χ3n) is 4.61. The monoisotopic (exact) mass is 618 g/mol. The van der Waals surface area contributed by atoms with E-state index in [4.69, 9.17) is 14.2 Å². The fourth-order valence-corrected chi connectivity index (χ4v) is 7.23. The van der Waals surface area contributed by atoms with E-state index in [2.05, 4.69) is 14.5 Å². The van der Waals surface area contributed by atoms with E-state index in [9.17, 15) is 34.2 Å². The molecule has 0 aliphatic carbocycles. The van der Waals surface area contributed by atoms with E-state index in [0.717, 1.165) is 12.1 Å². The minimum absolute atomic E-state index is 0. The predicted molar refractivity (Wildman–Crippen MR) is 142 cm³/mol. The van der Waals surface area contributed by atoms with Crippen molar-refractivity contribution in [3.05, 3.63) is 46.6 Å². The molecular formula is C22H38F3LiN2O8S3. The van der Waals surface area contributed by atoms with Gasteiger partial charge in [-0.1, -0.05) is 40.0 Å². The maximum atomic E-state index is 12.5. The van der Waals surface area contributed by atoms with E-state index < -0.39 is 40.4 Å². The summed E-state index contributed by atoms with van der Waals surface area (Å²) in [5.74, 6) is -0.200. The topological polar surface area (TPSA) is 139 Å². The molecule has 0 aromatic heterocycles. The molecule has 3 unspecified atom stereocenters. The minimum atomic E-state index is -6.21. The molecule has 224 valence electrons. The van der Waals surface area contributed by atoms with Gasteiger partial charge in [-0.3, -0.25) is 4.21 Å². The van der Waals surface area contributed by atoms with Gasteiger partial charge < -0.3 is 18.3 Å². The fourth-order valence-electron chi connectivity index (χ4n) is 2.80. The van der Waals surface area contributed by atoms with E-state index in [1.807, 2.05) is 6.92 Å². The third kappa shape index (κ3) is 14.5. The van der Waals surface area contributed by atoms with Gasteiger partial charge in [0.1, 0.15) is 0 Å². The Morgan fingerprint density at radius 2 is 1.64 bits per heavy atom. The SMILES string of the molecule is C.C.C=CCOCC(CC)OCC(CCOC)c1ccc(S(=O)(=O)N=S(C)(=O)[N-]S(=O)(=O)C(F)(F)F)cc1.[Li+]. The first kappa shape index (κ1) is 42.5. The zero-order valence-electron chi connectivity index (χ0n) is 21.0. The molecule has 39 heavy (non-hydrogen) atoms. The first-order chi connectivity index (χ1) is 16.6. The summed E-state index contributed by atoms with van der Waals surface area (Å²) in [6.45, 7) is 6.92. The minimum Gasteiger partial charge on any atom is -0.445 e. The van der Waals surface area contributed by atoms with Crippen LogP contribution in [0.15, 0.2) is 45.6 Å². The second-order valence-electron chi connectivity index (χ2n) is 7.54. The average Bonchev–Trinajstić information content (AvgIpc) is 2.75. The summed E-state index contributed by atoms with van der Waals surface area (Å²) in [7, 11) is -14.1. The Bertz CT molecular complexity index is 1190. The van der Waals surface area contributed by atoms with Gasteiger partial charge in [-0.25, -0.2) is 8.42 Å². The van der Waals surface area contributed by atoms with Crippen molar-refractivity contribution in [3.63, 3.8) is 0 Å². The number of alkyl halides is 3. The van der Waals surface area contributed by atoms with Crippen molar-refractivity contribution in [1.82, 2.24) is 0 Å². The van der Waals surface area contributed by atoms with Crippen molar-refractivity contribution in [1.29, 1.82) is 0 Å². The van der Waals surface area contributed by atoms with Crippen molar-refractivity contribution >= 4 is 30.0 Å². The maximum absolute atomic E-state index is 12.5. The molecule has 1 aromatic carbocycles. The molecule has 0 bridgehead atoms. The molecule has 0 heterocycles. The Hall–Kier alpha value is -0.963. The first-order valence-corrected chi connectivity index (χ1v) is 15.3. The summed E-state index contributed by atoms with van der Waals surface area (Å²) in [5, 5.41) is 0. The number of nitrogens with zero attached hydrogens (tertiary/aromatic N) is 2. The normalized spacial score (nSPS) is 14.9. The predicted octanol–water partition coefficient (Wildman–Crippen LogP) is 2.01. The zero-order valence-corrected chi connectivity index (χ0v) is 23.5. The van der Waals surface area contributed by atoms with Crippen molar-refractivity contribution in [2.75, 3.05) is 39.8 Å². The number of sulfonamides is 2. The zero-order chi connectivity index (χ0) is 27.6. The molecule has 0 saturated heterocycles. The smallest absolute Gasteiger partial charge is 0.445 e. The van der Waals surface area contributed by atoms with Crippen LogP contribution in [0.3, 0.4) is 0 Å². The van der Waals surface area contributed by atoms with Gasteiger partial charge in [0, 0.05) is 25.9 Å². The van der Waals surface area contributed by atoms with Crippen LogP contribution in [0.4, 0.5) is 13.2 Å². The second-order valence-corrected chi connectivity index (χ2v) is 13.1. The van der Waals surface area contributed by atoms with E-state index >= 15 is 0 Å². The molecule has 17 heteroatoms. The molecular weight excluding hydrogens is 580 g/mol.